The van der Waals surface area contributed by atoms with Gasteiger partial charge in [0.05, 0.1) is 6.07 Å². The first-order chi connectivity index (χ1) is 9.50. The van der Waals surface area contributed by atoms with E-state index in [1.54, 1.807) is 10.7 Å². The molecule has 1 fully saturated rings. The van der Waals surface area contributed by atoms with Gasteiger partial charge in [-0.1, -0.05) is 13.8 Å². The molecule has 20 heavy (non-hydrogen) atoms. The quantitative estimate of drug-likeness (QED) is 0.858. The van der Waals surface area contributed by atoms with Crippen LogP contribution in [0.3, 0.4) is 0 Å². The first-order valence-electron chi connectivity index (χ1n) is 6.96. The van der Waals surface area contributed by atoms with Gasteiger partial charge < -0.3 is 4.90 Å². The second kappa shape index (κ2) is 5.95. The number of anilines is 1. The van der Waals surface area contributed by atoms with Crippen molar-refractivity contribution in [2.75, 3.05) is 18.4 Å². The summed E-state index contributed by atoms with van der Waals surface area (Å²) in [5, 5.41) is 15.6. The minimum absolute atomic E-state index is 0.0853. The molecular formula is C14H21N5O. The molecule has 2 heterocycles. The van der Waals surface area contributed by atoms with Gasteiger partial charge in [0.2, 0.25) is 0 Å². The first kappa shape index (κ1) is 14.4. The van der Waals surface area contributed by atoms with Gasteiger partial charge in [-0.15, -0.1) is 0 Å². The van der Waals surface area contributed by atoms with Crippen molar-refractivity contribution < 1.29 is 4.79 Å². The van der Waals surface area contributed by atoms with Gasteiger partial charge in [0.1, 0.15) is 0 Å². The Hall–Kier alpha value is -2.03. The molecule has 0 aromatic carbocycles. The highest BCUT2D eigenvalue weighted by molar-refractivity contribution is 5.88. The van der Waals surface area contributed by atoms with Crippen LogP contribution >= 0.6 is 0 Å². The lowest BCUT2D eigenvalue weighted by atomic mass is 9.93. The number of likely N-dealkylation sites (tertiary alicyclic amines) is 1. The molecule has 0 aliphatic carbocycles. The lowest BCUT2D eigenvalue weighted by Gasteiger charge is -2.19. The number of unbranched alkanes of at least 4 members (excludes halogenated alkanes) is 1. The van der Waals surface area contributed by atoms with Gasteiger partial charge in [0, 0.05) is 38.3 Å². The predicted molar refractivity (Wildman–Crippen MR) is 76.1 cm³/mol. The van der Waals surface area contributed by atoms with Crippen LogP contribution in [-0.4, -0.2) is 33.8 Å². The van der Waals surface area contributed by atoms with E-state index in [-0.39, 0.29) is 11.4 Å². The molecule has 2 rings (SSSR count). The lowest BCUT2D eigenvalue weighted by molar-refractivity contribution is 0.217. The maximum absolute atomic E-state index is 12.1. The van der Waals surface area contributed by atoms with E-state index >= 15 is 0 Å². The summed E-state index contributed by atoms with van der Waals surface area (Å²) in [6, 6.07) is 3.80. The number of nitrogens with zero attached hydrogens (tertiary/aromatic N) is 4. The van der Waals surface area contributed by atoms with E-state index in [9.17, 15) is 4.79 Å². The van der Waals surface area contributed by atoms with Crippen LogP contribution in [0.4, 0.5) is 10.6 Å². The normalized spacial score (nSPS) is 16.9. The summed E-state index contributed by atoms with van der Waals surface area (Å²) >= 11 is 0. The third-order valence-electron chi connectivity index (χ3n) is 3.52. The number of nitrogens with one attached hydrogen (secondary N) is 1. The van der Waals surface area contributed by atoms with E-state index in [1.165, 1.54) is 0 Å². The SMILES string of the molecule is CC1(C)CCN(C(=O)Nc2ccn(CCCC#N)n2)C1. The fourth-order valence-corrected chi connectivity index (χ4v) is 2.35. The number of hydrogen-bond donors (Lipinski definition) is 1. The summed E-state index contributed by atoms with van der Waals surface area (Å²) in [7, 11) is 0. The van der Waals surface area contributed by atoms with Crippen molar-refractivity contribution in [1.82, 2.24) is 14.7 Å². The maximum atomic E-state index is 12.1. The van der Waals surface area contributed by atoms with Crippen molar-refractivity contribution >= 4 is 11.8 Å². The molecular weight excluding hydrogens is 254 g/mol. The molecule has 0 unspecified atom stereocenters. The third-order valence-corrected chi connectivity index (χ3v) is 3.52. The van der Waals surface area contributed by atoms with E-state index in [2.05, 4.69) is 30.3 Å². The highest BCUT2D eigenvalue weighted by Crippen LogP contribution is 2.28. The van der Waals surface area contributed by atoms with Crippen LogP contribution in [0.25, 0.3) is 0 Å². The second-order valence-electron chi connectivity index (χ2n) is 5.99. The molecule has 108 valence electrons. The average Bonchev–Trinajstić information content (AvgIpc) is 2.96. The van der Waals surface area contributed by atoms with Gasteiger partial charge in [-0.25, -0.2) is 4.79 Å². The molecule has 1 aromatic heterocycles. The minimum atomic E-state index is -0.0853. The zero-order valence-electron chi connectivity index (χ0n) is 12.1. The maximum Gasteiger partial charge on any atom is 0.323 e. The number of amides is 2. The highest BCUT2D eigenvalue weighted by atomic mass is 16.2. The average molecular weight is 275 g/mol. The smallest absolute Gasteiger partial charge is 0.323 e. The molecule has 1 saturated heterocycles. The van der Waals surface area contributed by atoms with E-state index in [0.29, 0.717) is 18.8 Å². The summed E-state index contributed by atoms with van der Waals surface area (Å²) in [5.74, 6) is 0.566. The standard InChI is InChI=1S/C14H21N5O/c1-14(2)6-10-18(11-14)13(20)16-12-5-9-19(17-12)8-4-3-7-15/h5,9H,3-4,6,8,10-11H2,1-2H3,(H,16,17,20). The molecule has 0 spiro atoms. The van der Waals surface area contributed by atoms with Crippen LogP contribution in [0.1, 0.15) is 33.1 Å². The Morgan fingerprint density at radius 3 is 3.05 bits per heavy atom. The Kier molecular flexibility index (Phi) is 4.28. The van der Waals surface area contributed by atoms with E-state index < -0.39 is 0 Å². The van der Waals surface area contributed by atoms with Crippen molar-refractivity contribution in [3.63, 3.8) is 0 Å². The Bertz CT molecular complexity index is 514. The van der Waals surface area contributed by atoms with E-state index in [1.807, 2.05) is 11.1 Å². The summed E-state index contributed by atoms with van der Waals surface area (Å²) in [6.45, 7) is 6.61. The molecule has 6 nitrogen and oxygen atoms in total. The van der Waals surface area contributed by atoms with Gasteiger partial charge in [-0.3, -0.25) is 10.00 Å². The molecule has 1 aromatic rings. The Morgan fingerprint density at radius 2 is 2.40 bits per heavy atom. The van der Waals surface area contributed by atoms with E-state index in [4.69, 9.17) is 5.26 Å². The number of carbonyl (C=O) groups excluding carboxylic acids is 1. The number of nitriles is 1. The van der Waals surface area contributed by atoms with Crippen molar-refractivity contribution in [3.8, 4) is 6.07 Å². The van der Waals surface area contributed by atoms with Crippen LogP contribution < -0.4 is 5.32 Å². The number of aryl methyl sites for hydroxylation is 1. The van der Waals surface area contributed by atoms with Crippen LogP contribution in [-0.2, 0) is 6.54 Å². The van der Waals surface area contributed by atoms with E-state index in [0.717, 1.165) is 25.9 Å². The number of rotatable bonds is 4. The molecule has 1 aliphatic rings. The summed E-state index contributed by atoms with van der Waals surface area (Å²) in [4.78, 5) is 13.9. The monoisotopic (exact) mass is 275 g/mol. The molecule has 2 amide bonds. The fraction of sp³-hybridized carbons (Fsp3) is 0.643. The minimum Gasteiger partial charge on any atom is -0.324 e. The molecule has 1 N–H and O–H groups in total. The Morgan fingerprint density at radius 1 is 1.60 bits per heavy atom. The van der Waals surface area contributed by atoms with Gasteiger partial charge in [-0.05, 0) is 18.3 Å². The summed E-state index contributed by atoms with van der Waals surface area (Å²) < 4.78 is 1.75. The number of hydrogen-bond acceptors (Lipinski definition) is 3. The first-order valence-corrected chi connectivity index (χ1v) is 6.96. The molecule has 6 heteroatoms. The van der Waals surface area contributed by atoms with Gasteiger partial charge in [0.25, 0.3) is 0 Å². The van der Waals surface area contributed by atoms with Gasteiger partial charge in [-0.2, -0.15) is 10.4 Å². The lowest BCUT2D eigenvalue weighted by Crippen LogP contribution is -2.34. The molecule has 1 aliphatic heterocycles. The van der Waals surface area contributed by atoms with Gasteiger partial charge >= 0.3 is 6.03 Å². The molecule has 0 saturated carbocycles. The van der Waals surface area contributed by atoms with Crippen molar-refractivity contribution in [1.29, 1.82) is 5.26 Å². The van der Waals surface area contributed by atoms with Crippen molar-refractivity contribution in [2.45, 2.75) is 39.7 Å². The molecule has 0 radical (unpaired) electrons. The Labute approximate surface area is 119 Å². The topological polar surface area (TPSA) is 74.0 Å². The fourth-order valence-electron chi connectivity index (χ4n) is 2.35. The van der Waals surface area contributed by atoms with Crippen LogP contribution in [0.2, 0.25) is 0 Å². The largest absolute Gasteiger partial charge is 0.324 e. The zero-order chi connectivity index (χ0) is 14.6. The number of aromatic nitrogens is 2. The molecule has 0 bridgehead atoms. The molecule has 0 atom stereocenters. The second-order valence-corrected chi connectivity index (χ2v) is 5.99. The third kappa shape index (κ3) is 3.73. The van der Waals surface area contributed by atoms with Gasteiger partial charge in [0.15, 0.2) is 5.82 Å². The summed E-state index contributed by atoms with van der Waals surface area (Å²) in [6.07, 6.45) is 4.14. The zero-order valence-corrected chi connectivity index (χ0v) is 12.1. The predicted octanol–water partition coefficient (Wildman–Crippen LogP) is 2.45. The van der Waals surface area contributed by atoms with Crippen molar-refractivity contribution in [2.24, 2.45) is 5.41 Å². The highest BCUT2D eigenvalue weighted by Gasteiger charge is 2.32. The van der Waals surface area contributed by atoms with Crippen LogP contribution in [0.15, 0.2) is 12.3 Å². The Balaban J connectivity index is 1.84. The number of urea groups is 1. The van der Waals surface area contributed by atoms with Crippen LogP contribution in [0.5, 0.6) is 0 Å². The van der Waals surface area contributed by atoms with Crippen molar-refractivity contribution in [3.05, 3.63) is 12.3 Å². The summed E-state index contributed by atoms with van der Waals surface area (Å²) in [5.41, 5.74) is 0.202. The van der Waals surface area contributed by atoms with Crippen LogP contribution in [0, 0.1) is 16.7 Å². The number of carbonyl (C=O) groups is 1.